The van der Waals surface area contributed by atoms with Gasteiger partial charge in [0.05, 0.1) is 4.90 Å². The third kappa shape index (κ3) is 4.88. The quantitative estimate of drug-likeness (QED) is 0.535. The molecule has 1 aromatic rings. The Morgan fingerprint density at radius 1 is 1.15 bits per heavy atom. The molecule has 0 fully saturated rings. The lowest BCUT2D eigenvalue weighted by Gasteiger charge is -2.18. The van der Waals surface area contributed by atoms with Gasteiger partial charge in [0.1, 0.15) is 0 Å². The Morgan fingerprint density at radius 2 is 1.70 bits per heavy atom. The van der Waals surface area contributed by atoms with Crippen LogP contribution in [0.25, 0.3) is 0 Å². The molecule has 0 atom stereocenters. The van der Waals surface area contributed by atoms with Gasteiger partial charge in [0.25, 0.3) is 0 Å². The molecule has 112 valence electrons. The average molecular weight is 300 g/mol. The topological polar surface area (TPSA) is 89.9 Å². The van der Waals surface area contributed by atoms with Crippen molar-refractivity contribution in [2.45, 2.75) is 18.7 Å². The largest absolute Gasteiger partial charge is 0.488 e. The van der Waals surface area contributed by atoms with Gasteiger partial charge >= 0.3 is 7.12 Å². The van der Waals surface area contributed by atoms with Crippen LogP contribution in [0.4, 0.5) is 0 Å². The minimum Gasteiger partial charge on any atom is -0.423 e. The number of hydrogen-bond donors (Lipinski definition) is 3. The number of hydrogen-bond acceptors (Lipinski definition) is 5. The molecule has 1 rings (SSSR count). The van der Waals surface area contributed by atoms with Gasteiger partial charge in [-0.2, -0.15) is 0 Å². The normalized spacial score (nSPS) is 11.8. The molecule has 0 bridgehead atoms. The second kappa shape index (κ2) is 7.75. The minimum absolute atomic E-state index is 0.112. The highest BCUT2D eigenvalue weighted by atomic mass is 32.2. The SMILES string of the molecule is CCN(CC)CCNS(=O)(=O)c1ccc(B(O)O)cc1. The van der Waals surface area contributed by atoms with Crippen molar-refractivity contribution in [1.82, 2.24) is 9.62 Å². The Balaban J connectivity index is 2.64. The van der Waals surface area contributed by atoms with Crippen molar-refractivity contribution in [1.29, 1.82) is 0 Å². The maximum absolute atomic E-state index is 12.0. The fourth-order valence-corrected chi connectivity index (χ4v) is 2.80. The lowest BCUT2D eigenvalue weighted by atomic mass is 9.81. The van der Waals surface area contributed by atoms with Crippen LogP contribution >= 0.6 is 0 Å². The van der Waals surface area contributed by atoms with Gasteiger partial charge in [-0.1, -0.05) is 26.0 Å². The van der Waals surface area contributed by atoms with Crippen molar-refractivity contribution in [2.24, 2.45) is 0 Å². The zero-order valence-electron chi connectivity index (χ0n) is 11.8. The molecule has 20 heavy (non-hydrogen) atoms. The van der Waals surface area contributed by atoms with Crippen molar-refractivity contribution in [3.8, 4) is 0 Å². The summed E-state index contributed by atoms with van der Waals surface area (Å²) in [6.45, 7) is 6.80. The van der Waals surface area contributed by atoms with E-state index in [1.807, 2.05) is 13.8 Å². The first-order valence-corrected chi connectivity index (χ1v) is 8.07. The molecule has 0 spiro atoms. The van der Waals surface area contributed by atoms with Crippen molar-refractivity contribution in [3.63, 3.8) is 0 Å². The molecule has 0 unspecified atom stereocenters. The monoisotopic (exact) mass is 300 g/mol. The highest BCUT2D eigenvalue weighted by Crippen LogP contribution is 2.06. The van der Waals surface area contributed by atoms with Crippen LogP contribution < -0.4 is 10.2 Å². The first-order chi connectivity index (χ1) is 9.40. The molecule has 0 saturated heterocycles. The zero-order chi connectivity index (χ0) is 15.2. The van der Waals surface area contributed by atoms with Crippen LogP contribution in [0.3, 0.4) is 0 Å². The average Bonchev–Trinajstić information content (AvgIpc) is 2.43. The van der Waals surface area contributed by atoms with E-state index >= 15 is 0 Å². The van der Waals surface area contributed by atoms with E-state index in [2.05, 4.69) is 9.62 Å². The summed E-state index contributed by atoms with van der Waals surface area (Å²) in [5.74, 6) is 0. The van der Waals surface area contributed by atoms with Crippen molar-refractivity contribution in [2.75, 3.05) is 26.2 Å². The Labute approximate surface area is 120 Å². The molecule has 1 aromatic carbocycles. The molecule has 0 aliphatic carbocycles. The highest BCUT2D eigenvalue weighted by molar-refractivity contribution is 7.89. The van der Waals surface area contributed by atoms with Crippen molar-refractivity contribution >= 4 is 22.6 Å². The van der Waals surface area contributed by atoms with Gasteiger partial charge in [-0.3, -0.25) is 0 Å². The first kappa shape index (κ1) is 17.1. The molecule has 8 heteroatoms. The number of nitrogens with zero attached hydrogens (tertiary/aromatic N) is 1. The molecular weight excluding hydrogens is 279 g/mol. The maximum atomic E-state index is 12.0. The molecular formula is C12H21BN2O4S. The van der Waals surface area contributed by atoms with Crippen LogP contribution in [0.2, 0.25) is 0 Å². The molecule has 6 nitrogen and oxygen atoms in total. The molecule has 0 amide bonds. The van der Waals surface area contributed by atoms with E-state index in [0.717, 1.165) is 13.1 Å². The van der Waals surface area contributed by atoms with Gasteiger partial charge in [-0.15, -0.1) is 0 Å². The van der Waals surface area contributed by atoms with Gasteiger partial charge in [0, 0.05) is 13.1 Å². The van der Waals surface area contributed by atoms with Crippen molar-refractivity contribution in [3.05, 3.63) is 24.3 Å². The Kier molecular flexibility index (Phi) is 6.64. The van der Waals surface area contributed by atoms with Gasteiger partial charge in [0.15, 0.2) is 0 Å². The smallest absolute Gasteiger partial charge is 0.423 e. The Hall–Kier alpha value is -0.925. The van der Waals surface area contributed by atoms with Gasteiger partial charge in [-0.05, 0) is 30.7 Å². The highest BCUT2D eigenvalue weighted by Gasteiger charge is 2.16. The summed E-state index contributed by atoms with van der Waals surface area (Å²) >= 11 is 0. The number of rotatable bonds is 8. The number of sulfonamides is 1. The van der Waals surface area contributed by atoms with Crippen LogP contribution in [0, 0.1) is 0 Å². The molecule has 0 aromatic heterocycles. The molecule has 0 heterocycles. The van der Waals surface area contributed by atoms with Crippen LogP contribution in [0.15, 0.2) is 29.2 Å². The van der Waals surface area contributed by atoms with Crippen LogP contribution in [0.1, 0.15) is 13.8 Å². The third-order valence-electron chi connectivity index (χ3n) is 3.10. The van der Waals surface area contributed by atoms with Gasteiger partial charge in [-0.25, -0.2) is 13.1 Å². The predicted octanol–water partition coefficient (Wildman–Crippen LogP) is -1.01. The molecule has 0 saturated carbocycles. The Morgan fingerprint density at radius 3 is 2.15 bits per heavy atom. The first-order valence-electron chi connectivity index (χ1n) is 6.58. The molecule has 3 N–H and O–H groups in total. The lowest BCUT2D eigenvalue weighted by molar-refractivity contribution is 0.309. The van der Waals surface area contributed by atoms with E-state index in [1.54, 1.807) is 0 Å². The second-order valence-electron chi connectivity index (χ2n) is 4.37. The number of nitrogens with one attached hydrogen (secondary N) is 1. The number of likely N-dealkylation sites (N-methyl/N-ethyl adjacent to an activating group) is 1. The van der Waals surface area contributed by atoms with E-state index in [1.165, 1.54) is 24.3 Å². The summed E-state index contributed by atoms with van der Waals surface area (Å²) < 4.78 is 26.6. The maximum Gasteiger partial charge on any atom is 0.488 e. The summed E-state index contributed by atoms with van der Waals surface area (Å²) in [4.78, 5) is 2.23. The summed E-state index contributed by atoms with van der Waals surface area (Å²) in [5.41, 5.74) is 0.257. The van der Waals surface area contributed by atoms with E-state index in [-0.39, 0.29) is 10.4 Å². The molecule has 0 aliphatic heterocycles. The van der Waals surface area contributed by atoms with Gasteiger partial charge < -0.3 is 14.9 Å². The lowest BCUT2D eigenvalue weighted by Crippen LogP contribution is -2.35. The third-order valence-corrected chi connectivity index (χ3v) is 4.58. The van der Waals surface area contributed by atoms with Crippen LogP contribution in [-0.4, -0.2) is 56.7 Å². The van der Waals surface area contributed by atoms with Crippen molar-refractivity contribution < 1.29 is 18.5 Å². The molecule has 0 radical (unpaired) electrons. The Bertz CT molecular complexity index is 501. The summed E-state index contributed by atoms with van der Waals surface area (Å²) in [6, 6.07) is 5.47. The summed E-state index contributed by atoms with van der Waals surface area (Å²) in [6.07, 6.45) is 0. The number of benzene rings is 1. The van der Waals surface area contributed by atoms with Crippen LogP contribution in [-0.2, 0) is 10.0 Å². The van der Waals surface area contributed by atoms with E-state index in [9.17, 15) is 8.42 Å². The fourth-order valence-electron chi connectivity index (χ4n) is 1.78. The summed E-state index contributed by atoms with van der Waals surface area (Å²) in [5, 5.41) is 17.9. The van der Waals surface area contributed by atoms with Crippen LogP contribution in [0.5, 0.6) is 0 Å². The van der Waals surface area contributed by atoms with E-state index < -0.39 is 17.1 Å². The minimum atomic E-state index is -3.55. The predicted molar refractivity (Wildman–Crippen MR) is 79.2 cm³/mol. The van der Waals surface area contributed by atoms with E-state index in [0.29, 0.717) is 13.1 Å². The van der Waals surface area contributed by atoms with Gasteiger partial charge in [0.2, 0.25) is 10.0 Å². The zero-order valence-corrected chi connectivity index (χ0v) is 12.6. The second-order valence-corrected chi connectivity index (χ2v) is 6.13. The molecule has 0 aliphatic rings. The standard InChI is InChI=1S/C12H21BN2O4S/c1-3-15(4-2)10-9-14-20(18,19)12-7-5-11(6-8-12)13(16)17/h5-8,14,16-17H,3-4,9-10H2,1-2H3. The van der Waals surface area contributed by atoms with E-state index in [4.69, 9.17) is 10.0 Å². The summed E-state index contributed by atoms with van der Waals surface area (Å²) in [7, 11) is -5.15. The fraction of sp³-hybridized carbons (Fsp3) is 0.500.